The molecule has 6 heteroatoms. The van der Waals surface area contributed by atoms with Crippen LogP contribution in [0.15, 0.2) is 72.8 Å². The fourth-order valence-electron chi connectivity index (χ4n) is 5.49. The van der Waals surface area contributed by atoms with Crippen molar-refractivity contribution in [1.82, 2.24) is 9.88 Å². The molecule has 0 bridgehead atoms. The van der Waals surface area contributed by atoms with Crippen LogP contribution >= 0.6 is 23.2 Å². The first-order valence-corrected chi connectivity index (χ1v) is 12.9. The summed E-state index contributed by atoms with van der Waals surface area (Å²) in [6.45, 7) is 4.81. The van der Waals surface area contributed by atoms with Gasteiger partial charge in [-0.25, -0.2) is 4.98 Å². The second-order valence-electron chi connectivity index (χ2n) is 9.56. The number of benzene rings is 3. The molecular formula is C30H28Cl2N2O2. The number of aliphatic hydroxyl groups is 1. The molecule has 1 atom stereocenters. The van der Waals surface area contributed by atoms with Crippen LogP contribution in [0.5, 0.6) is 0 Å². The van der Waals surface area contributed by atoms with Gasteiger partial charge in [-0.1, -0.05) is 89.9 Å². The fourth-order valence-corrected chi connectivity index (χ4v) is 6.17. The summed E-state index contributed by atoms with van der Waals surface area (Å²) in [5.41, 5.74) is 3.52. The van der Waals surface area contributed by atoms with Crippen LogP contribution in [0.2, 0.25) is 10.2 Å². The summed E-state index contributed by atoms with van der Waals surface area (Å²) in [6, 6.07) is 23.5. The lowest BCUT2D eigenvalue weighted by molar-refractivity contribution is -0.131. The Kier molecular flexibility index (Phi) is 6.78. The van der Waals surface area contributed by atoms with Crippen molar-refractivity contribution in [2.45, 2.75) is 32.3 Å². The topological polar surface area (TPSA) is 53.4 Å². The van der Waals surface area contributed by atoms with E-state index in [0.29, 0.717) is 41.7 Å². The third-order valence-corrected chi connectivity index (χ3v) is 8.09. The van der Waals surface area contributed by atoms with Crippen LogP contribution < -0.4 is 0 Å². The molecule has 0 spiro atoms. The normalized spacial score (nSPS) is 16.2. The molecular weight excluding hydrogens is 491 g/mol. The smallest absolute Gasteiger partial charge is 0.219 e. The summed E-state index contributed by atoms with van der Waals surface area (Å²) in [4.78, 5) is 18.5. The highest BCUT2D eigenvalue weighted by molar-refractivity contribution is 6.42. The van der Waals surface area contributed by atoms with Crippen molar-refractivity contribution in [2.24, 2.45) is 5.92 Å². The van der Waals surface area contributed by atoms with E-state index in [0.717, 1.165) is 33.2 Å². The molecule has 1 aromatic heterocycles. The highest BCUT2D eigenvalue weighted by atomic mass is 35.5. The molecule has 184 valence electrons. The number of halogens is 2. The zero-order chi connectivity index (χ0) is 25.4. The maximum atomic E-state index is 12.5. The molecule has 0 radical (unpaired) electrons. The van der Waals surface area contributed by atoms with Gasteiger partial charge < -0.3 is 10.0 Å². The molecule has 1 amide bonds. The number of fused-ring (bicyclic) bond motifs is 1. The van der Waals surface area contributed by atoms with Crippen LogP contribution in [0.25, 0.3) is 22.0 Å². The Bertz CT molecular complexity index is 1420. The Balaban J connectivity index is 1.70. The number of aryl methyl sites for hydroxylation is 1. The maximum Gasteiger partial charge on any atom is 0.219 e. The van der Waals surface area contributed by atoms with Crippen molar-refractivity contribution in [2.75, 3.05) is 13.1 Å². The van der Waals surface area contributed by atoms with Crippen molar-refractivity contribution in [3.8, 4) is 11.1 Å². The molecule has 1 aliphatic rings. The molecule has 1 N–H and O–H groups in total. The second kappa shape index (κ2) is 9.85. The van der Waals surface area contributed by atoms with Gasteiger partial charge in [-0.3, -0.25) is 4.79 Å². The number of likely N-dealkylation sites (tertiary alicyclic amines) is 1. The van der Waals surface area contributed by atoms with Crippen LogP contribution in [0.3, 0.4) is 0 Å². The fraction of sp³-hybridized carbons (Fsp3) is 0.267. The van der Waals surface area contributed by atoms with Crippen molar-refractivity contribution >= 4 is 40.0 Å². The van der Waals surface area contributed by atoms with Gasteiger partial charge in [-0.15, -0.1) is 0 Å². The zero-order valence-corrected chi connectivity index (χ0v) is 21.9. The predicted octanol–water partition coefficient (Wildman–Crippen LogP) is 7.01. The highest BCUT2D eigenvalue weighted by Gasteiger charge is 2.42. The molecule has 5 rings (SSSR count). The summed E-state index contributed by atoms with van der Waals surface area (Å²) < 4.78 is 0. The third kappa shape index (κ3) is 4.28. The minimum Gasteiger partial charge on any atom is -0.380 e. The van der Waals surface area contributed by atoms with E-state index in [1.165, 1.54) is 0 Å². The predicted molar refractivity (Wildman–Crippen MR) is 146 cm³/mol. The average molecular weight is 519 g/mol. The monoisotopic (exact) mass is 518 g/mol. The molecule has 2 heterocycles. The van der Waals surface area contributed by atoms with Crippen molar-refractivity contribution in [3.05, 3.63) is 99.7 Å². The molecule has 3 aromatic carbocycles. The van der Waals surface area contributed by atoms with E-state index in [2.05, 4.69) is 0 Å². The first-order valence-electron chi connectivity index (χ1n) is 12.2. The number of carbonyl (C=O) groups excluding carboxylic acids is 1. The van der Waals surface area contributed by atoms with Gasteiger partial charge in [0.15, 0.2) is 0 Å². The van der Waals surface area contributed by atoms with Gasteiger partial charge >= 0.3 is 0 Å². The lowest BCUT2D eigenvalue weighted by atomic mass is 9.71. The zero-order valence-electron chi connectivity index (χ0n) is 20.3. The molecule has 0 saturated carbocycles. The lowest BCUT2D eigenvalue weighted by Gasteiger charge is -2.42. The molecule has 36 heavy (non-hydrogen) atoms. The van der Waals surface area contributed by atoms with Crippen molar-refractivity contribution in [1.29, 1.82) is 0 Å². The van der Waals surface area contributed by atoms with Crippen LogP contribution in [0, 0.1) is 12.8 Å². The summed E-state index contributed by atoms with van der Waals surface area (Å²) >= 11 is 13.6. The van der Waals surface area contributed by atoms with Gasteiger partial charge in [-0.05, 0) is 54.0 Å². The molecule has 1 fully saturated rings. The summed E-state index contributed by atoms with van der Waals surface area (Å²) in [5.74, 6) is 0.00130. The van der Waals surface area contributed by atoms with E-state index in [4.69, 9.17) is 28.2 Å². The number of pyridine rings is 1. The van der Waals surface area contributed by atoms with Crippen LogP contribution in [0.1, 0.15) is 36.5 Å². The Morgan fingerprint density at radius 1 is 0.972 bits per heavy atom. The summed E-state index contributed by atoms with van der Waals surface area (Å²) in [6.07, 6.45) is 1.40. The number of rotatable bonds is 4. The molecule has 4 nitrogen and oxygen atoms in total. The second-order valence-corrected chi connectivity index (χ2v) is 10.3. The molecule has 1 saturated heterocycles. The minimum absolute atomic E-state index is 0.0695. The van der Waals surface area contributed by atoms with E-state index in [9.17, 15) is 9.90 Å². The van der Waals surface area contributed by atoms with E-state index >= 15 is 0 Å². The highest BCUT2D eigenvalue weighted by Crippen LogP contribution is 2.45. The first-order chi connectivity index (χ1) is 17.3. The number of amides is 1. The van der Waals surface area contributed by atoms with E-state index in [1.54, 1.807) is 6.92 Å². The van der Waals surface area contributed by atoms with E-state index in [1.807, 2.05) is 84.6 Å². The third-order valence-electron chi connectivity index (χ3n) is 7.42. The Hall–Kier alpha value is -2.92. The van der Waals surface area contributed by atoms with Gasteiger partial charge in [-0.2, -0.15) is 0 Å². The van der Waals surface area contributed by atoms with Crippen LogP contribution in [-0.2, 0) is 10.4 Å². The van der Waals surface area contributed by atoms with Crippen LogP contribution in [0.4, 0.5) is 0 Å². The van der Waals surface area contributed by atoms with Crippen molar-refractivity contribution in [3.63, 3.8) is 0 Å². The number of nitrogens with zero attached hydrogens (tertiary/aromatic N) is 2. The Labute approximate surface area is 221 Å². The Morgan fingerprint density at radius 2 is 1.58 bits per heavy atom. The van der Waals surface area contributed by atoms with Gasteiger partial charge in [0, 0.05) is 31.0 Å². The number of carbonyl (C=O) groups is 1. The van der Waals surface area contributed by atoms with Gasteiger partial charge in [0.2, 0.25) is 5.91 Å². The molecule has 1 aliphatic heterocycles. The minimum atomic E-state index is -1.25. The van der Waals surface area contributed by atoms with E-state index < -0.39 is 5.60 Å². The number of piperidine rings is 1. The van der Waals surface area contributed by atoms with E-state index in [-0.39, 0.29) is 11.8 Å². The average Bonchev–Trinajstić information content (AvgIpc) is 2.90. The largest absolute Gasteiger partial charge is 0.380 e. The Morgan fingerprint density at radius 3 is 2.19 bits per heavy atom. The summed E-state index contributed by atoms with van der Waals surface area (Å²) in [5, 5.41) is 14.1. The maximum absolute atomic E-state index is 12.5. The standard InChI is InChI=1S/C30H28Cl2N2O2/c1-19-17-24(18-25-27(31)26(29(32)33-28(19)25)21-9-5-3-6-10-21)30(36,22-11-7-4-8-12-22)23-13-15-34(16-14-23)20(2)35/h3-12,17-18,23,36H,13-16H2,1-2H3. The van der Waals surface area contributed by atoms with Crippen LogP contribution in [-0.4, -0.2) is 34.0 Å². The quantitative estimate of drug-likeness (QED) is 0.295. The number of hydrogen-bond acceptors (Lipinski definition) is 3. The van der Waals surface area contributed by atoms with Gasteiger partial charge in [0.05, 0.1) is 10.5 Å². The van der Waals surface area contributed by atoms with Gasteiger partial charge in [0.1, 0.15) is 10.8 Å². The van der Waals surface area contributed by atoms with Crippen molar-refractivity contribution < 1.29 is 9.90 Å². The lowest BCUT2D eigenvalue weighted by Crippen LogP contribution is -2.45. The molecule has 0 aliphatic carbocycles. The molecule has 1 unspecified atom stereocenters. The molecule has 4 aromatic rings. The first kappa shape index (κ1) is 24.8. The number of aromatic nitrogens is 1. The summed E-state index contributed by atoms with van der Waals surface area (Å²) in [7, 11) is 0. The van der Waals surface area contributed by atoms with Gasteiger partial charge in [0.25, 0.3) is 0 Å². The SMILES string of the molecule is CC(=O)N1CCC(C(O)(c2ccccc2)c2cc(C)c3nc(Cl)c(-c4ccccc4)c(Cl)c3c2)CC1. The number of hydrogen-bond donors (Lipinski definition) is 1.